The molecule has 194 valence electrons. The number of benzene rings is 2. The Labute approximate surface area is 222 Å². The molecular weight excluding hydrogens is 498 g/mol. The third-order valence-electron chi connectivity index (χ3n) is 6.56. The highest BCUT2D eigenvalue weighted by Gasteiger charge is 2.09. The molecule has 0 aliphatic heterocycles. The fraction of sp³-hybridized carbons (Fsp3) is 0.581. The average Bonchev–Trinajstić information content (AvgIpc) is 2.86. The van der Waals surface area contributed by atoms with Gasteiger partial charge in [-0.05, 0) is 54.7 Å². The molecule has 0 unspecified atom stereocenters. The molecule has 0 atom stereocenters. The van der Waals surface area contributed by atoms with Gasteiger partial charge in [-0.15, -0.1) is 0 Å². The van der Waals surface area contributed by atoms with Crippen molar-refractivity contribution in [3.05, 3.63) is 64.2 Å². The van der Waals surface area contributed by atoms with E-state index < -0.39 is 0 Å². The zero-order chi connectivity index (χ0) is 25.3. The van der Waals surface area contributed by atoms with Crippen LogP contribution in [0.15, 0.2) is 36.4 Å². The molecule has 0 heterocycles. The van der Waals surface area contributed by atoms with Gasteiger partial charge in [-0.1, -0.05) is 118 Å². The van der Waals surface area contributed by atoms with Gasteiger partial charge in [-0.25, -0.2) is 0 Å². The van der Waals surface area contributed by atoms with Crippen LogP contribution < -0.4 is 10.1 Å². The number of nitrogens with one attached hydrogen (secondary N) is 1. The SMILES string of the molecule is CCCCCCCCCCCCCCOc1c(C)cc(CNC(=O)c2cccc(CBr)c2)cc1C. The van der Waals surface area contributed by atoms with Gasteiger partial charge < -0.3 is 10.1 Å². The number of ether oxygens (including phenoxy) is 1. The number of alkyl halides is 1. The van der Waals surface area contributed by atoms with Gasteiger partial charge in [0.1, 0.15) is 5.75 Å². The zero-order valence-corrected chi connectivity index (χ0v) is 23.9. The minimum absolute atomic E-state index is 0.0459. The maximum atomic E-state index is 12.5. The van der Waals surface area contributed by atoms with Crippen LogP contribution in [-0.2, 0) is 11.9 Å². The van der Waals surface area contributed by atoms with Crippen LogP contribution in [0.5, 0.6) is 5.75 Å². The maximum absolute atomic E-state index is 12.5. The lowest BCUT2D eigenvalue weighted by atomic mass is 10.0. The van der Waals surface area contributed by atoms with E-state index in [0.717, 1.165) is 46.4 Å². The van der Waals surface area contributed by atoms with Crippen molar-refractivity contribution >= 4 is 21.8 Å². The quantitative estimate of drug-likeness (QED) is 0.150. The summed E-state index contributed by atoms with van der Waals surface area (Å²) in [6, 6.07) is 12.0. The average molecular weight is 545 g/mol. The summed E-state index contributed by atoms with van der Waals surface area (Å²) in [4.78, 5) is 12.5. The van der Waals surface area contributed by atoms with Crippen molar-refractivity contribution in [3.8, 4) is 5.75 Å². The molecule has 0 aliphatic carbocycles. The predicted octanol–water partition coefficient (Wildman–Crippen LogP) is 9.21. The standard InChI is InChI=1S/C31H46BrNO2/c1-4-5-6-7-8-9-10-11-12-13-14-15-19-35-30-25(2)20-28(21-26(30)3)24-33-31(34)29-18-16-17-27(22-29)23-32/h16-18,20-22H,4-15,19,23-24H2,1-3H3,(H,33,34). The van der Waals surface area contributed by atoms with Crippen LogP contribution in [0.2, 0.25) is 0 Å². The Bertz CT molecular complexity index is 857. The van der Waals surface area contributed by atoms with Crippen molar-refractivity contribution < 1.29 is 9.53 Å². The van der Waals surface area contributed by atoms with Crippen LogP contribution >= 0.6 is 15.9 Å². The maximum Gasteiger partial charge on any atom is 0.251 e. The van der Waals surface area contributed by atoms with E-state index >= 15 is 0 Å². The number of aryl methyl sites for hydroxylation is 2. The van der Waals surface area contributed by atoms with E-state index in [-0.39, 0.29) is 5.91 Å². The summed E-state index contributed by atoms with van der Waals surface area (Å²) in [5, 5.41) is 3.78. The lowest BCUT2D eigenvalue weighted by Gasteiger charge is -2.15. The first-order chi connectivity index (χ1) is 17.0. The van der Waals surface area contributed by atoms with E-state index in [4.69, 9.17) is 4.74 Å². The Hall–Kier alpha value is -1.81. The van der Waals surface area contributed by atoms with Crippen molar-refractivity contribution in [2.75, 3.05) is 6.61 Å². The van der Waals surface area contributed by atoms with Gasteiger partial charge in [-0.3, -0.25) is 4.79 Å². The van der Waals surface area contributed by atoms with Crippen LogP contribution in [-0.4, -0.2) is 12.5 Å². The summed E-state index contributed by atoms with van der Waals surface area (Å²) in [5.74, 6) is 0.948. The minimum atomic E-state index is -0.0459. The Morgan fingerprint density at radius 1 is 0.800 bits per heavy atom. The second kappa shape index (κ2) is 17.6. The molecule has 0 spiro atoms. The Morgan fingerprint density at radius 3 is 1.94 bits per heavy atom. The van der Waals surface area contributed by atoms with Crippen LogP contribution in [0, 0.1) is 13.8 Å². The number of amides is 1. The largest absolute Gasteiger partial charge is 0.493 e. The third kappa shape index (κ3) is 11.6. The second-order valence-electron chi connectivity index (χ2n) is 9.81. The van der Waals surface area contributed by atoms with E-state index in [0.29, 0.717) is 12.1 Å². The lowest BCUT2D eigenvalue weighted by Crippen LogP contribution is -2.23. The predicted molar refractivity (Wildman–Crippen MR) is 153 cm³/mol. The molecule has 2 rings (SSSR count). The van der Waals surface area contributed by atoms with Gasteiger partial charge in [0, 0.05) is 17.4 Å². The molecule has 3 nitrogen and oxygen atoms in total. The molecule has 35 heavy (non-hydrogen) atoms. The van der Waals surface area contributed by atoms with Gasteiger partial charge >= 0.3 is 0 Å². The van der Waals surface area contributed by atoms with Crippen LogP contribution in [0.1, 0.15) is 117 Å². The second-order valence-corrected chi connectivity index (χ2v) is 10.4. The zero-order valence-electron chi connectivity index (χ0n) is 22.3. The van der Waals surface area contributed by atoms with E-state index in [1.54, 1.807) is 0 Å². The van der Waals surface area contributed by atoms with E-state index in [1.807, 2.05) is 24.3 Å². The normalized spacial score (nSPS) is 11.0. The van der Waals surface area contributed by atoms with Gasteiger partial charge in [-0.2, -0.15) is 0 Å². The number of halogens is 1. The van der Waals surface area contributed by atoms with E-state index in [2.05, 4.69) is 54.2 Å². The molecule has 0 aromatic heterocycles. The summed E-state index contributed by atoms with van der Waals surface area (Å²) in [5.41, 5.74) is 5.16. The van der Waals surface area contributed by atoms with Crippen LogP contribution in [0.4, 0.5) is 0 Å². The summed E-state index contributed by atoms with van der Waals surface area (Å²) in [6.45, 7) is 7.75. The first kappa shape index (κ1) is 29.4. The number of hydrogen-bond acceptors (Lipinski definition) is 2. The van der Waals surface area contributed by atoms with E-state index in [9.17, 15) is 4.79 Å². The number of unbranched alkanes of at least 4 members (excludes halogenated alkanes) is 11. The molecule has 2 aromatic carbocycles. The van der Waals surface area contributed by atoms with Crippen molar-refractivity contribution in [2.24, 2.45) is 0 Å². The first-order valence-corrected chi connectivity index (χ1v) is 14.8. The summed E-state index contributed by atoms with van der Waals surface area (Å²) in [7, 11) is 0. The number of carbonyl (C=O) groups is 1. The Balaban J connectivity index is 1.63. The summed E-state index contributed by atoms with van der Waals surface area (Å²) >= 11 is 3.44. The minimum Gasteiger partial charge on any atom is -0.493 e. The summed E-state index contributed by atoms with van der Waals surface area (Å²) < 4.78 is 6.14. The molecule has 0 aliphatic rings. The molecule has 1 amide bonds. The lowest BCUT2D eigenvalue weighted by molar-refractivity contribution is 0.0951. The molecule has 4 heteroatoms. The molecule has 0 bridgehead atoms. The Kier molecular flexibility index (Phi) is 14.8. The highest BCUT2D eigenvalue weighted by Crippen LogP contribution is 2.25. The number of hydrogen-bond donors (Lipinski definition) is 1. The smallest absolute Gasteiger partial charge is 0.251 e. The fourth-order valence-corrected chi connectivity index (χ4v) is 4.92. The Morgan fingerprint density at radius 2 is 1.37 bits per heavy atom. The van der Waals surface area contributed by atoms with Gasteiger partial charge in [0.05, 0.1) is 6.61 Å². The molecule has 1 N–H and O–H groups in total. The highest BCUT2D eigenvalue weighted by atomic mass is 79.9. The third-order valence-corrected chi connectivity index (χ3v) is 7.21. The van der Waals surface area contributed by atoms with Gasteiger partial charge in [0.25, 0.3) is 5.91 Å². The van der Waals surface area contributed by atoms with Gasteiger partial charge in [0.15, 0.2) is 0 Å². The first-order valence-electron chi connectivity index (χ1n) is 13.7. The molecule has 0 fully saturated rings. The van der Waals surface area contributed by atoms with Crippen molar-refractivity contribution in [1.82, 2.24) is 5.32 Å². The summed E-state index contributed by atoms with van der Waals surface area (Å²) in [6.07, 6.45) is 16.2. The van der Waals surface area contributed by atoms with Crippen LogP contribution in [0.25, 0.3) is 0 Å². The fourth-order valence-electron chi connectivity index (χ4n) is 4.57. The topological polar surface area (TPSA) is 38.3 Å². The van der Waals surface area contributed by atoms with Crippen molar-refractivity contribution in [2.45, 2.75) is 110 Å². The van der Waals surface area contributed by atoms with Crippen LogP contribution in [0.3, 0.4) is 0 Å². The number of rotatable bonds is 18. The molecule has 2 aromatic rings. The highest BCUT2D eigenvalue weighted by molar-refractivity contribution is 9.08. The van der Waals surface area contributed by atoms with Gasteiger partial charge in [0.2, 0.25) is 0 Å². The molecule has 0 radical (unpaired) electrons. The van der Waals surface area contributed by atoms with Crippen molar-refractivity contribution in [1.29, 1.82) is 0 Å². The molecular formula is C31H46BrNO2. The monoisotopic (exact) mass is 543 g/mol. The van der Waals surface area contributed by atoms with E-state index in [1.165, 1.54) is 70.6 Å². The van der Waals surface area contributed by atoms with Crippen molar-refractivity contribution in [3.63, 3.8) is 0 Å². The molecule has 0 saturated carbocycles. The molecule has 0 saturated heterocycles. The number of carbonyl (C=O) groups excluding carboxylic acids is 1.